The molecule has 82 valence electrons. The van der Waals surface area contributed by atoms with Crippen molar-refractivity contribution in [1.29, 1.82) is 0 Å². The van der Waals surface area contributed by atoms with Crippen molar-refractivity contribution in [2.24, 2.45) is 0 Å². The Kier molecular flexibility index (Phi) is 3.68. The van der Waals surface area contributed by atoms with Crippen molar-refractivity contribution in [3.8, 4) is 11.5 Å². The van der Waals surface area contributed by atoms with Crippen LogP contribution >= 0.6 is 0 Å². The number of aliphatic hydroxyl groups excluding tert-OH is 1. The number of benzene rings is 1. The van der Waals surface area contributed by atoms with Gasteiger partial charge in [0, 0.05) is 5.56 Å². The SMILES string of the molecule is CC(=O)c1ccc(O)c(OCC(C)O)c1. The lowest BCUT2D eigenvalue weighted by Gasteiger charge is -2.10. The van der Waals surface area contributed by atoms with E-state index >= 15 is 0 Å². The van der Waals surface area contributed by atoms with Crippen LogP contribution in [0.3, 0.4) is 0 Å². The highest BCUT2D eigenvalue weighted by Gasteiger charge is 2.07. The predicted molar refractivity (Wildman–Crippen MR) is 55.3 cm³/mol. The zero-order chi connectivity index (χ0) is 11.4. The quantitative estimate of drug-likeness (QED) is 0.736. The van der Waals surface area contributed by atoms with Crippen LogP contribution in [0.1, 0.15) is 24.2 Å². The van der Waals surface area contributed by atoms with Gasteiger partial charge >= 0.3 is 0 Å². The Morgan fingerprint density at radius 1 is 1.53 bits per heavy atom. The summed E-state index contributed by atoms with van der Waals surface area (Å²) >= 11 is 0. The fraction of sp³-hybridized carbons (Fsp3) is 0.364. The van der Waals surface area contributed by atoms with Gasteiger partial charge in [0.2, 0.25) is 0 Å². The number of hydrogen-bond donors (Lipinski definition) is 2. The normalized spacial score (nSPS) is 12.2. The molecule has 0 fully saturated rings. The van der Waals surface area contributed by atoms with E-state index in [1.165, 1.54) is 25.1 Å². The number of carbonyl (C=O) groups excluding carboxylic acids is 1. The molecule has 0 spiro atoms. The molecular formula is C11H14O4. The van der Waals surface area contributed by atoms with Gasteiger partial charge in [-0.2, -0.15) is 0 Å². The summed E-state index contributed by atoms with van der Waals surface area (Å²) in [5.41, 5.74) is 0.466. The molecule has 0 aliphatic heterocycles. The van der Waals surface area contributed by atoms with Crippen molar-refractivity contribution in [2.45, 2.75) is 20.0 Å². The Hall–Kier alpha value is -1.55. The van der Waals surface area contributed by atoms with Crippen molar-refractivity contribution in [3.05, 3.63) is 23.8 Å². The van der Waals surface area contributed by atoms with Crippen molar-refractivity contribution in [3.63, 3.8) is 0 Å². The lowest BCUT2D eigenvalue weighted by molar-refractivity contribution is 0.101. The van der Waals surface area contributed by atoms with E-state index in [1.54, 1.807) is 6.92 Å². The van der Waals surface area contributed by atoms with E-state index < -0.39 is 6.10 Å². The van der Waals surface area contributed by atoms with Crippen LogP contribution in [0.2, 0.25) is 0 Å². The first kappa shape index (κ1) is 11.5. The fourth-order valence-electron chi connectivity index (χ4n) is 1.06. The molecule has 1 unspecified atom stereocenters. The van der Waals surface area contributed by atoms with Gasteiger partial charge < -0.3 is 14.9 Å². The number of hydrogen-bond acceptors (Lipinski definition) is 4. The van der Waals surface area contributed by atoms with Crippen LogP contribution < -0.4 is 4.74 Å². The first-order chi connectivity index (χ1) is 7.00. The summed E-state index contributed by atoms with van der Waals surface area (Å²) in [4.78, 5) is 11.1. The number of phenolic OH excluding ortho intramolecular Hbond substituents is 1. The Balaban J connectivity index is 2.85. The molecule has 1 rings (SSSR count). The first-order valence-corrected chi connectivity index (χ1v) is 4.65. The van der Waals surface area contributed by atoms with Crippen LogP contribution in [0.5, 0.6) is 11.5 Å². The fourth-order valence-corrected chi connectivity index (χ4v) is 1.06. The number of aromatic hydroxyl groups is 1. The van der Waals surface area contributed by atoms with Gasteiger partial charge in [-0.05, 0) is 32.0 Å². The summed E-state index contributed by atoms with van der Waals surface area (Å²) in [7, 11) is 0. The summed E-state index contributed by atoms with van der Waals surface area (Å²) in [5, 5.41) is 18.4. The Morgan fingerprint density at radius 3 is 2.73 bits per heavy atom. The average molecular weight is 210 g/mol. The molecule has 1 aromatic carbocycles. The number of aliphatic hydroxyl groups is 1. The molecule has 1 aromatic rings. The van der Waals surface area contributed by atoms with E-state index in [9.17, 15) is 9.90 Å². The van der Waals surface area contributed by atoms with Crippen LogP contribution in [0, 0.1) is 0 Å². The molecule has 0 radical (unpaired) electrons. The van der Waals surface area contributed by atoms with E-state index in [-0.39, 0.29) is 23.9 Å². The maximum atomic E-state index is 11.1. The summed E-state index contributed by atoms with van der Waals surface area (Å²) in [6.07, 6.45) is -0.620. The third-order valence-electron chi connectivity index (χ3n) is 1.85. The van der Waals surface area contributed by atoms with Crippen LogP contribution in [0.25, 0.3) is 0 Å². The van der Waals surface area contributed by atoms with Crippen LogP contribution in [0.4, 0.5) is 0 Å². The van der Waals surface area contributed by atoms with Crippen molar-refractivity contribution >= 4 is 5.78 Å². The minimum atomic E-state index is -0.620. The number of carbonyl (C=O) groups is 1. The topological polar surface area (TPSA) is 66.8 Å². The zero-order valence-electron chi connectivity index (χ0n) is 8.73. The lowest BCUT2D eigenvalue weighted by Crippen LogP contribution is -2.13. The third kappa shape index (κ3) is 3.25. The molecule has 0 amide bonds. The summed E-state index contributed by atoms with van der Waals surface area (Å²) in [5.74, 6) is 0.0705. The second-order valence-electron chi connectivity index (χ2n) is 3.40. The molecule has 2 N–H and O–H groups in total. The molecule has 4 nitrogen and oxygen atoms in total. The molecule has 0 saturated heterocycles. The van der Waals surface area contributed by atoms with Gasteiger partial charge in [-0.15, -0.1) is 0 Å². The standard InChI is InChI=1S/C11H14O4/c1-7(12)6-15-11-5-9(8(2)13)3-4-10(11)14/h3-5,7,12,14H,6H2,1-2H3. The number of rotatable bonds is 4. The summed E-state index contributed by atoms with van der Waals surface area (Å²) in [6, 6.07) is 4.38. The summed E-state index contributed by atoms with van der Waals surface area (Å²) < 4.78 is 5.14. The van der Waals surface area contributed by atoms with Gasteiger partial charge in [0.25, 0.3) is 0 Å². The van der Waals surface area contributed by atoms with E-state index in [0.717, 1.165) is 0 Å². The molecule has 4 heteroatoms. The minimum absolute atomic E-state index is 0.0411. The monoisotopic (exact) mass is 210 g/mol. The Bertz CT molecular complexity index is 358. The molecule has 1 atom stereocenters. The summed E-state index contributed by atoms with van der Waals surface area (Å²) in [6.45, 7) is 3.09. The number of ether oxygens (including phenoxy) is 1. The highest BCUT2D eigenvalue weighted by molar-refractivity contribution is 5.94. The van der Waals surface area contributed by atoms with Crippen molar-refractivity contribution in [1.82, 2.24) is 0 Å². The van der Waals surface area contributed by atoms with Gasteiger partial charge in [-0.25, -0.2) is 0 Å². The van der Waals surface area contributed by atoms with Gasteiger partial charge in [0.05, 0.1) is 6.10 Å². The molecule has 0 aliphatic carbocycles. The zero-order valence-corrected chi connectivity index (χ0v) is 8.73. The molecule has 0 heterocycles. The van der Waals surface area contributed by atoms with E-state index in [4.69, 9.17) is 9.84 Å². The van der Waals surface area contributed by atoms with Crippen LogP contribution in [-0.4, -0.2) is 28.7 Å². The molecule has 15 heavy (non-hydrogen) atoms. The molecule has 0 aromatic heterocycles. The molecular weight excluding hydrogens is 196 g/mol. The highest BCUT2D eigenvalue weighted by atomic mass is 16.5. The largest absolute Gasteiger partial charge is 0.504 e. The van der Waals surface area contributed by atoms with E-state index in [2.05, 4.69) is 0 Å². The number of phenols is 1. The average Bonchev–Trinajstić information content (AvgIpc) is 2.16. The molecule has 0 saturated carbocycles. The third-order valence-corrected chi connectivity index (χ3v) is 1.85. The van der Waals surface area contributed by atoms with Gasteiger partial charge in [0.1, 0.15) is 6.61 Å². The van der Waals surface area contributed by atoms with Crippen LogP contribution in [-0.2, 0) is 0 Å². The van der Waals surface area contributed by atoms with E-state index in [1.807, 2.05) is 0 Å². The Labute approximate surface area is 88.1 Å². The van der Waals surface area contributed by atoms with Crippen LogP contribution in [0.15, 0.2) is 18.2 Å². The maximum absolute atomic E-state index is 11.1. The second-order valence-corrected chi connectivity index (χ2v) is 3.40. The van der Waals surface area contributed by atoms with E-state index in [0.29, 0.717) is 5.56 Å². The maximum Gasteiger partial charge on any atom is 0.161 e. The van der Waals surface area contributed by atoms with Crippen molar-refractivity contribution in [2.75, 3.05) is 6.61 Å². The predicted octanol–water partition coefficient (Wildman–Crippen LogP) is 1.35. The highest BCUT2D eigenvalue weighted by Crippen LogP contribution is 2.27. The minimum Gasteiger partial charge on any atom is -0.504 e. The van der Waals surface area contributed by atoms with Gasteiger partial charge in [-0.1, -0.05) is 0 Å². The number of Topliss-reactive ketones (excluding diaryl/α,β-unsaturated/α-hetero) is 1. The second kappa shape index (κ2) is 4.79. The first-order valence-electron chi connectivity index (χ1n) is 4.65. The Morgan fingerprint density at radius 2 is 2.20 bits per heavy atom. The number of ketones is 1. The smallest absolute Gasteiger partial charge is 0.161 e. The van der Waals surface area contributed by atoms with Crippen molar-refractivity contribution < 1.29 is 19.7 Å². The van der Waals surface area contributed by atoms with Gasteiger partial charge in [-0.3, -0.25) is 4.79 Å². The molecule has 0 bridgehead atoms. The van der Waals surface area contributed by atoms with Gasteiger partial charge in [0.15, 0.2) is 17.3 Å². The molecule has 0 aliphatic rings. The lowest BCUT2D eigenvalue weighted by atomic mass is 10.1.